The van der Waals surface area contributed by atoms with Crippen molar-refractivity contribution in [2.75, 3.05) is 11.9 Å². The second kappa shape index (κ2) is 6.34. The number of imidazole rings is 1. The first-order chi connectivity index (χ1) is 12.0. The van der Waals surface area contributed by atoms with Crippen molar-refractivity contribution in [2.45, 2.75) is 63.3 Å². The Bertz CT molecular complexity index is 781. The van der Waals surface area contributed by atoms with Crippen LogP contribution in [0.2, 0.25) is 5.28 Å². The number of hydrogen-bond donors (Lipinski definition) is 1. The van der Waals surface area contributed by atoms with Crippen LogP contribution in [-0.2, 0) is 4.74 Å². The summed E-state index contributed by atoms with van der Waals surface area (Å²) in [7, 11) is 1.98. The summed E-state index contributed by atoms with van der Waals surface area (Å²) >= 11 is 6.13. The molecule has 0 aromatic carbocycles. The van der Waals surface area contributed by atoms with Gasteiger partial charge in [-0.2, -0.15) is 9.97 Å². The molecular formula is C16H21ClFN5O2. The van der Waals surface area contributed by atoms with Crippen LogP contribution in [0.25, 0.3) is 11.2 Å². The van der Waals surface area contributed by atoms with Gasteiger partial charge in [0.05, 0.1) is 12.4 Å². The number of alkyl halides is 1. The van der Waals surface area contributed by atoms with E-state index >= 15 is 0 Å². The molecule has 3 heterocycles. The number of fused-ring (bicyclic) bond motifs is 1. The highest BCUT2D eigenvalue weighted by atomic mass is 35.5. The molecule has 7 nitrogen and oxygen atoms in total. The summed E-state index contributed by atoms with van der Waals surface area (Å²) in [6.45, 7) is 1.64. The largest absolute Gasteiger partial charge is 0.387 e. The highest BCUT2D eigenvalue weighted by molar-refractivity contribution is 6.28. The summed E-state index contributed by atoms with van der Waals surface area (Å²) in [5.74, 6) is 0.641. The topological polar surface area (TPSA) is 76.3 Å². The van der Waals surface area contributed by atoms with E-state index in [2.05, 4.69) is 19.9 Å². The minimum Gasteiger partial charge on any atom is -0.387 e. The normalized spacial score (nSPS) is 30.4. The van der Waals surface area contributed by atoms with E-state index in [4.69, 9.17) is 16.3 Å². The highest BCUT2D eigenvalue weighted by Gasteiger charge is 2.43. The maximum absolute atomic E-state index is 14.4. The number of hydrogen-bond acceptors (Lipinski definition) is 6. The Kier molecular flexibility index (Phi) is 4.29. The number of aliphatic hydroxyl groups excluding tert-OH is 1. The van der Waals surface area contributed by atoms with E-state index in [1.807, 2.05) is 7.05 Å². The summed E-state index contributed by atoms with van der Waals surface area (Å²) in [4.78, 5) is 15.1. The lowest BCUT2D eigenvalue weighted by Gasteiger charge is -2.25. The Balaban J connectivity index is 1.76. The molecule has 4 atom stereocenters. The second-order valence-electron chi connectivity index (χ2n) is 6.86. The smallest absolute Gasteiger partial charge is 0.226 e. The van der Waals surface area contributed by atoms with Crippen LogP contribution in [-0.4, -0.2) is 56.1 Å². The van der Waals surface area contributed by atoms with Gasteiger partial charge in [0.1, 0.15) is 6.10 Å². The summed E-state index contributed by atoms with van der Waals surface area (Å²) in [5, 5.41) is 9.93. The summed E-state index contributed by atoms with van der Waals surface area (Å²) in [6, 6.07) is 0.387. The number of aromatic nitrogens is 4. The van der Waals surface area contributed by atoms with Crippen molar-refractivity contribution >= 4 is 28.6 Å². The molecule has 2 aromatic rings. The van der Waals surface area contributed by atoms with E-state index in [-0.39, 0.29) is 5.28 Å². The van der Waals surface area contributed by atoms with Crippen molar-refractivity contribution in [3.05, 3.63) is 11.6 Å². The van der Waals surface area contributed by atoms with Gasteiger partial charge < -0.3 is 14.7 Å². The lowest BCUT2D eigenvalue weighted by Crippen LogP contribution is -2.30. The van der Waals surface area contributed by atoms with E-state index in [9.17, 15) is 9.50 Å². The van der Waals surface area contributed by atoms with E-state index in [1.54, 1.807) is 6.92 Å². The molecule has 2 fully saturated rings. The number of anilines is 1. The average Bonchev–Trinajstić information content (AvgIpc) is 3.30. The summed E-state index contributed by atoms with van der Waals surface area (Å²) in [6.07, 6.45) is 1.74. The van der Waals surface area contributed by atoms with Gasteiger partial charge in [0.15, 0.2) is 29.4 Å². The van der Waals surface area contributed by atoms with Gasteiger partial charge >= 0.3 is 0 Å². The Hall–Kier alpha value is -1.51. The number of nitrogens with zero attached hydrogens (tertiary/aromatic N) is 5. The molecule has 1 saturated carbocycles. The fraction of sp³-hybridized carbons (Fsp3) is 0.688. The van der Waals surface area contributed by atoms with Crippen LogP contribution in [0.15, 0.2) is 6.33 Å². The minimum atomic E-state index is -1.56. The van der Waals surface area contributed by atoms with Gasteiger partial charge in [0.25, 0.3) is 0 Å². The fourth-order valence-electron chi connectivity index (χ4n) is 3.79. The molecule has 0 radical (unpaired) electrons. The molecule has 1 saturated heterocycles. The zero-order valence-corrected chi connectivity index (χ0v) is 14.9. The molecule has 1 aliphatic carbocycles. The van der Waals surface area contributed by atoms with E-state index < -0.39 is 24.6 Å². The van der Waals surface area contributed by atoms with Crippen LogP contribution in [0, 0.1) is 0 Å². The van der Waals surface area contributed by atoms with Gasteiger partial charge in [0.2, 0.25) is 5.28 Å². The lowest BCUT2D eigenvalue weighted by atomic mass is 10.2. The average molecular weight is 370 g/mol. The van der Waals surface area contributed by atoms with Gasteiger partial charge in [-0.1, -0.05) is 12.8 Å². The van der Waals surface area contributed by atoms with Crippen molar-refractivity contribution in [2.24, 2.45) is 0 Å². The van der Waals surface area contributed by atoms with Crippen LogP contribution in [0.3, 0.4) is 0 Å². The van der Waals surface area contributed by atoms with Crippen molar-refractivity contribution in [1.82, 2.24) is 19.5 Å². The van der Waals surface area contributed by atoms with Crippen molar-refractivity contribution < 1.29 is 14.2 Å². The third kappa shape index (κ3) is 2.76. The first-order valence-electron chi connectivity index (χ1n) is 8.58. The maximum Gasteiger partial charge on any atom is 0.226 e. The first kappa shape index (κ1) is 16.9. The Morgan fingerprint density at radius 3 is 2.72 bits per heavy atom. The molecule has 2 aliphatic rings. The molecule has 9 heteroatoms. The predicted octanol–water partition coefficient (Wildman–Crippen LogP) is 2.47. The van der Waals surface area contributed by atoms with Gasteiger partial charge in [-0.25, -0.2) is 9.37 Å². The molecule has 2 aromatic heterocycles. The van der Waals surface area contributed by atoms with Crippen molar-refractivity contribution in [3.8, 4) is 0 Å². The fourth-order valence-corrected chi connectivity index (χ4v) is 3.95. The third-order valence-corrected chi connectivity index (χ3v) is 5.46. The highest BCUT2D eigenvalue weighted by Crippen LogP contribution is 2.36. The number of ether oxygens (including phenoxy) is 1. The quantitative estimate of drug-likeness (QED) is 0.837. The van der Waals surface area contributed by atoms with Gasteiger partial charge in [-0.05, 0) is 31.4 Å². The Morgan fingerprint density at radius 2 is 2.08 bits per heavy atom. The van der Waals surface area contributed by atoms with Crippen LogP contribution < -0.4 is 4.90 Å². The molecule has 0 bridgehead atoms. The second-order valence-corrected chi connectivity index (χ2v) is 7.19. The molecular weight excluding hydrogens is 349 g/mol. The summed E-state index contributed by atoms with van der Waals surface area (Å²) in [5.41, 5.74) is 0.970. The SMILES string of the molecule is C[C@H]1O[C@@H](n2cnc3c(N(C)C4CCCC4)nc(Cl)nc32)[C@@H](F)[C@@H]1O. The number of halogens is 2. The molecule has 1 N–H and O–H groups in total. The predicted molar refractivity (Wildman–Crippen MR) is 91.5 cm³/mol. The van der Waals surface area contributed by atoms with Gasteiger partial charge in [0, 0.05) is 13.1 Å². The molecule has 4 rings (SSSR count). The van der Waals surface area contributed by atoms with Gasteiger partial charge in [-0.15, -0.1) is 0 Å². The lowest BCUT2D eigenvalue weighted by molar-refractivity contribution is -0.0137. The summed E-state index contributed by atoms with van der Waals surface area (Å²) < 4.78 is 21.5. The van der Waals surface area contributed by atoms with Crippen LogP contribution in [0.5, 0.6) is 0 Å². The Labute approximate surface area is 149 Å². The van der Waals surface area contributed by atoms with E-state index in [0.717, 1.165) is 12.8 Å². The molecule has 25 heavy (non-hydrogen) atoms. The van der Waals surface area contributed by atoms with Crippen LogP contribution >= 0.6 is 11.6 Å². The van der Waals surface area contributed by atoms with E-state index in [1.165, 1.54) is 23.7 Å². The molecule has 136 valence electrons. The number of rotatable bonds is 3. The molecule has 0 unspecified atom stereocenters. The standard InChI is InChI=1S/C16H21ClFN5O2/c1-8-12(24)10(18)15(25-8)23-7-19-11-13(20-16(17)21-14(11)23)22(2)9-5-3-4-6-9/h7-10,12,15,24H,3-6H2,1-2H3/t8-,10+,12-,15-/m1/s1. The van der Waals surface area contributed by atoms with Crippen LogP contribution in [0.1, 0.15) is 38.8 Å². The maximum atomic E-state index is 14.4. The van der Waals surface area contributed by atoms with Gasteiger partial charge in [-0.3, -0.25) is 4.57 Å². The zero-order valence-electron chi connectivity index (χ0n) is 14.1. The molecule has 0 spiro atoms. The minimum absolute atomic E-state index is 0.0797. The molecule has 0 amide bonds. The third-order valence-electron chi connectivity index (χ3n) is 5.29. The van der Waals surface area contributed by atoms with Crippen molar-refractivity contribution in [1.29, 1.82) is 0 Å². The monoisotopic (exact) mass is 369 g/mol. The van der Waals surface area contributed by atoms with Crippen molar-refractivity contribution in [3.63, 3.8) is 0 Å². The number of aliphatic hydroxyl groups is 1. The molecule has 1 aliphatic heterocycles. The van der Waals surface area contributed by atoms with E-state index in [0.29, 0.717) is 23.0 Å². The first-order valence-corrected chi connectivity index (χ1v) is 8.95. The zero-order chi connectivity index (χ0) is 17.7. The van der Waals surface area contributed by atoms with Crippen LogP contribution in [0.4, 0.5) is 10.2 Å². The Morgan fingerprint density at radius 1 is 1.36 bits per heavy atom.